The van der Waals surface area contributed by atoms with Crippen LogP contribution < -0.4 is 5.48 Å². The lowest BCUT2D eigenvalue weighted by Gasteiger charge is -1.97. The van der Waals surface area contributed by atoms with Crippen molar-refractivity contribution in [2.24, 2.45) is 0 Å². The SMILES string of the molecule is CONC(=O)OC(C)=O. The van der Waals surface area contributed by atoms with Crippen LogP contribution in [0.1, 0.15) is 6.92 Å². The molecule has 0 aromatic rings. The number of hydrogen-bond acceptors (Lipinski definition) is 4. The maximum absolute atomic E-state index is 10.2. The molecule has 1 N–H and O–H groups in total. The van der Waals surface area contributed by atoms with Gasteiger partial charge in [-0.2, -0.15) is 5.48 Å². The summed E-state index contributed by atoms with van der Waals surface area (Å²) < 4.78 is 3.98. The number of hydrogen-bond donors (Lipinski definition) is 1. The van der Waals surface area contributed by atoms with E-state index < -0.39 is 12.1 Å². The summed E-state index contributed by atoms with van der Waals surface area (Å²) in [5.74, 6) is -0.676. The molecule has 0 saturated heterocycles. The summed E-state index contributed by atoms with van der Waals surface area (Å²) in [5.41, 5.74) is 1.79. The zero-order valence-corrected chi connectivity index (χ0v) is 5.13. The molecule has 0 unspecified atom stereocenters. The Kier molecular flexibility index (Phi) is 3.38. The van der Waals surface area contributed by atoms with Crippen LogP contribution >= 0.6 is 0 Å². The van der Waals surface area contributed by atoms with Gasteiger partial charge in [0.05, 0.1) is 7.11 Å². The second-order valence-electron chi connectivity index (χ2n) is 1.19. The largest absolute Gasteiger partial charge is 0.439 e. The minimum atomic E-state index is -0.912. The van der Waals surface area contributed by atoms with Gasteiger partial charge in [0.1, 0.15) is 0 Å². The highest BCUT2D eigenvalue weighted by molar-refractivity contribution is 5.82. The van der Waals surface area contributed by atoms with E-state index in [2.05, 4.69) is 9.57 Å². The van der Waals surface area contributed by atoms with Gasteiger partial charge in [-0.1, -0.05) is 0 Å². The van der Waals surface area contributed by atoms with E-state index in [1.165, 1.54) is 7.11 Å². The van der Waals surface area contributed by atoms with Gasteiger partial charge in [0.15, 0.2) is 0 Å². The smallest absolute Gasteiger partial charge is 0.375 e. The number of hydroxylamine groups is 1. The van der Waals surface area contributed by atoms with Crippen LogP contribution in [-0.2, 0) is 14.4 Å². The average Bonchev–Trinajstić information content (AvgIpc) is 1.63. The molecule has 0 radical (unpaired) electrons. The Morgan fingerprint density at radius 2 is 2.00 bits per heavy atom. The van der Waals surface area contributed by atoms with Gasteiger partial charge in [-0.25, -0.2) is 4.79 Å². The first-order chi connectivity index (χ1) is 4.16. The molecule has 0 aliphatic rings. The Morgan fingerprint density at radius 1 is 1.44 bits per heavy atom. The fourth-order valence-corrected chi connectivity index (χ4v) is 0.235. The van der Waals surface area contributed by atoms with Crippen molar-refractivity contribution in [3.05, 3.63) is 0 Å². The third-order valence-electron chi connectivity index (χ3n) is 0.422. The number of esters is 1. The molecule has 0 spiro atoms. The molecule has 0 fully saturated rings. The van der Waals surface area contributed by atoms with E-state index in [4.69, 9.17) is 0 Å². The van der Waals surface area contributed by atoms with Crippen molar-refractivity contribution in [1.29, 1.82) is 0 Å². The Bertz CT molecular complexity index is 122. The lowest BCUT2D eigenvalue weighted by molar-refractivity contribution is -0.135. The number of rotatable bonds is 1. The zero-order valence-electron chi connectivity index (χ0n) is 5.13. The summed E-state index contributed by atoms with van der Waals surface area (Å²) in [5, 5.41) is 0. The summed E-state index contributed by atoms with van der Waals surface area (Å²) in [6.07, 6.45) is -0.912. The normalized spacial score (nSPS) is 8.22. The van der Waals surface area contributed by atoms with Crippen molar-refractivity contribution in [1.82, 2.24) is 5.48 Å². The maximum atomic E-state index is 10.2. The molecule has 52 valence electrons. The molecule has 0 aliphatic carbocycles. The maximum Gasteiger partial charge on any atom is 0.439 e. The van der Waals surface area contributed by atoms with Crippen molar-refractivity contribution in [3.8, 4) is 0 Å². The Labute approximate surface area is 51.9 Å². The fraction of sp³-hybridized carbons (Fsp3) is 0.500. The van der Waals surface area contributed by atoms with E-state index in [1.54, 1.807) is 5.48 Å². The van der Waals surface area contributed by atoms with E-state index in [1.807, 2.05) is 0 Å². The van der Waals surface area contributed by atoms with Crippen LogP contribution in [0.4, 0.5) is 4.79 Å². The van der Waals surface area contributed by atoms with Gasteiger partial charge in [0.2, 0.25) is 0 Å². The molecule has 0 rings (SSSR count). The highest BCUT2D eigenvalue weighted by Gasteiger charge is 2.01. The van der Waals surface area contributed by atoms with Crippen LogP contribution in [0.25, 0.3) is 0 Å². The van der Waals surface area contributed by atoms with E-state index in [9.17, 15) is 9.59 Å². The van der Waals surface area contributed by atoms with Crippen LogP contribution in [0.2, 0.25) is 0 Å². The lowest BCUT2D eigenvalue weighted by Crippen LogP contribution is -2.24. The summed E-state index contributed by atoms with van der Waals surface area (Å²) >= 11 is 0. The Balaban J connectivity index is 3.39. The first kappa shape index (κ1) is 7.90. The molecule has 0 bridgehead atoms. The molecule has 0 atom stereocenters. The van der Waals surface area contributed by atoms with Crippen LogP contribution in [0, 0.1) is 0 Å². The van der Waals surface area contributed by atoms with Gasteiger partial charge < -0.3 is 4.74 Å². The number of ether oxygens (including phenoxy) is 1. The third-order valence-corrected chi connectivity index (χ3v) is 0.422. The molecule has 9 heavy (non-hydrogen) atoms. The van der Waals surface area contributed by atoms with E-state index in [0.717, 1.165) is 6.92 Å². The standard InChI is InChI=1S/C4H7NO4/c1-3(6)9-4(7)5-8-2/h1-2H3,(H,5,7). The minimum absolute atomic E-state index is 0.676. The molecule has 0 aliphatic heterocycles. The van der Waals surface area contributed by atoms with Crippen LogP contribution in [0.15, 0.2) is 0 Å². The van der Waals surface area contributed by atoms with Gasteiger partial charge in [-0.05, 0) is 0 Å². The van der Waals surface area contributed by atoms with Gasteiger partial charge in [-0.15, -0.1) is 0 Å². The lowest BCUT2D eigenvalue weighted by atomic mass is 10.8. The molecule has 0 aromatic heterocycles. The number of carbonyl (C=O) groups is 2. The third kappa shape index (κ3) is 4.76. The van der Waals surface area contributed by atoms with Crippen LogP contribution in [0.3, 0.4) is 0 Å². The quantitative estimate of drug-likeness (QED) is 0.306. The molecule has 0 heterocycles. The van der Waals surface area contributed by atoms with Crippen molar-refractivity contribution < 1.29 is 19.2 Å². The summed E-state index contributed by atoms with van der Waals surface area (Å²) in [7, 11) is 1.24. The van der Waals surface area contributed by atoms with Crippen LogP contribution in [0.5, 0.6) is 0 Å². The summed E-state index contributed by atoms with van der Waals surface area (Å²) in [6, 6.07) is 0. The molecule has 5 nitrogen and oxygen atoms in total. The van der Waals surface area contributed by atoms with Crippen molar-refractivity contribution >= 4 is 12.1 Å². The van der Waals surface area contributed by atoms with Crippen molar-refractivity contribution in [2.45, 2.75) is 6.92 Å². The van der Waals surface area contributed by atoms with E-state index >= 15 is 0 Å². The van der Waals surface area contributed by atoms with Gasteiger partial charge in [-0.3, -0.25) is 9.63 Å². The molecule has 5 heteroatoms. The Morgan fingerprint density at radius 3 is 2.33 bits per heavy atom. The zero-order chi connectivity index (χ0) is 7.28. The van der Waals surface area contributed by atoms with E-state index in [-0.39, 0.29) is 0 Å². The van der Waals surface area contributed by atoms with Crippen molar-refractivity contribution in [3.63, 3.8) is 0 Å². The van der Waals surface area contributed by atoms with Gasteiger partial charge in [0, 0.05) is 6.92 Å². The molecule has 0 aromatic carbocycles. The highest BCUT2D eigenvalue weighted by atomic mass is 16.7. The number of carbonyl (C=O) groups excluding carboxylic acids is 2. The molecular formula is C4H7NO4. The van der Waals surface area contributed by atoms with Gasteiger partial charge >= 0.3 is 12.1 Å². The van der Waals surface area contributed by atoms with Crippen molar-refractivity contribution in [2.75, 3.05) is 7.11 Å². The summed E-state index contributed by atoms with van der Waals surface area (Å²) in [4.78, 5) is 24.3. The fourth-order valence-electron chi connectivity index (χ4n) is 0.235. The highest BCUT2D eigenvalue weighted by Crippen LogP contribution is 1.76. The van der Waals surface area contributed by atoms with Gasteiger partial charge in [0.25, 0.3) is 0 Å². The second kappa shape index (κ2) is 3.85. The molecule has 0 saturated carbocycles. The van der Waals surface area contributed by atoms with Crippen LogP contribution in [-0.4, -0.2) is 19.2 Å². The first-order valence-corrected chi connectivity index (χ1v) is 2.18. The predicted octanol–water partition coefficient (Wildman–Crippen LogP) is -0.179. The topological polar surface area (TPSA) is 64.6 Å². The molecule has 1 amide bonds. The number of amides is 1. The van der Waals surface area contributed by atoms with E-state index in [0.29, 0.717) is 0 Å². The average molecular weight is 133 g/mol. The monoisotopic (exact) mass is 133 g/mol. The second-order valence-corrected chi connectivity index (χ2v) is 1.19. The predicted molar refractivity (Wildman–Crippen MR) is 27.3 cm³/mol. The minimum Gasteiger partial charge on any atom is -0.375 e. The molecular weight excluding hydrogens is 126 g/mol. The first-order valence-electron chi connectivity index (χ1n) is 2.18. The number of nitrogens with one attached hydrogen (secondary N) is 1. The summed E-state index contributed by atoms with van der Waals surface area (Å²) in [6.45, 7) is 1.12. The Hall–Kier alpha value is -1.10.